The van der Waals surface area contributed by atoms with E-state index in [-0.39, 0.29) is 79.1 Å². The molecule has 0 N–H and O–H groups in total. The molecule has 0 aromatic rings. The van der Waals surface area contributed by atoms with E-state index >= 15 is 0 Å². The fraction of sp³-hybridized carbons (Fsp3) is 0. The van der Waals surface area contributed by atoms with Gasteiger partial charge in [-0.25, -0.2) is 0 Å². The first-order valence-electron chi connectivity index (χ1n) is 0. The van der Waals surface area contributed by atoms with Gasteiger partial charge >= 0.3 is 0 Å². The topological polar surface area (TPSA) is 0 Å². The summed E-state index contributed by atoms with van der Waals surface area (Å²) in [6.07, 6.45) is 0. The SMILES string of the molecule is [As].[Co].[Fe].[Pb]. The van der Waals surface area contributed by atoms with Crippen LogP contribution in [0.1, 0.15) is 0 Å². The van der Waals surface area contributed by atoms with Gasteiger partial charge in [-0.2, -0.15) is 0 Å². The van der Waals surface area contributed by atoms with E-state index in [0.717, 1.165) is 0 Å². The third kappa shape index (κ3) is 8.82. The zero-order valence-electron chi connectivity index (χ0n) is 1.63. The standard InChI is InChI=1S/As.Co.Fe.Pb. The van der Waals surface area contributed by atoms with E-state index in [2.05, 4.69) is 0 Å². The Morgan fingerprint density at radius 1 is 1.00 bits per heavy atom. The van der Waals surface area contributed by atoms with Gasteiger partial charge in [0.1, 0.15) is 0 Å². The van der Waals surface area contributed by atoms with Crippen molar-refractivity contribution in [2.24, 2.45) is 0 Å². The van der Waals surface area contributed by atoms with Crippen molar-refractivity contribution in [1.29, 1.82) is 0 Å². The summed E-state index contributed by atoms with van der Waals surface area (Å²) in [4.78, 5) is 0. The summed E-state index contributed by atoms with van der Waals surface area (Å²) >= 11 is 0. The van der Waals surface area contributed by atoms with Crippen LogP contribution in [0.15, 0.2) is 0 Å². The monoisotopic (exact) mass is 398 g/mol. The van der Waals surface area contributed by atoms with E-state index in [1.54, 1.807) is 0 Å². The third-order valence-electron chi connectivity index (χ3n) is 0. The van der Waals surface area contributed by atoms with Crippen LogP contribution >= 0.6 is 0 Å². The summed E-state index contributed by atoms with van der Waals surface area (Å²) in [5.41, 5.74) is 0. The fourth-order valence-corrected chi connectivity index (χ4v) is 0. The van der Waals surface area contributed by atoms with Gasteiger partial charge in [0, 0.05) is 79.1 Å². The first kappa shape index (κ1) is 31.4. The summed E-state index contributed by atoms with van der Waals surface area (Å²) in [5, 5.41) is 0. The molecule has 0 nitrogen and oxygen atoms in total. The second-order valence-corrected chi connectivity index (χ2v) is 0. The average molecular weight is 397 g/mol. The van der Waals surface area contributed by atoms with Crippen LogP contribution in [0, 0.1) is 0 Å². The number of hydrogen-bond acceptors (Lipinski definition) is 0. The summed E-state index contributed by atoms with van der Waals surface area (Å²) in [6, 6.07) is 0. The first-order chi connectivity index (χ1) is 0. The molecule has 0 fully saturated rings. The first-order valence-corrected chi connectivity index (χ1v) is 0. The largest absolute Gasteiger partial charge is 0 e. The van der Waals surface area contributed by atoms with Crippen molar-refractivity contribution in [1.82, 2.24) is 0 Å². The second kappa shape index (κ2) is 17.8. The molecule has 0 aliphatic heterocycles. The molecule has 8 radical (unpaired) electrons. The number of rotatable bonds is 0. The quantitative estimate of drug-likeness (QED) is 0.472. The Labute approximate surface area is 78.0 Å². The molecular weight excluding hydrogens is 397 g/mol. The smallest absolute Gasteiger partial charge is 0 e. The predicted octanol–water partition coefficient (Wildman–Crippen LogP) is -0.767. The maximum absolute atomic E-state index is 0. The Hall–Kier alpha value is 2.51. The molecule has 0 heterocycles. The van der Waals surface area contributed by atoms with Crippen LogP contribution in [-0.2, 0) is 33.8 Å². The predicted molar refractivity (Wildman–Crippen MR) is 11.5 cm³/mol. The van der Waals surface area contributed by atoms with E-state index in [0.29, 0.717) is 0 Å². The van der Waals surface area contributed by atoms with Crippen molar-refractivity contribution >= 4 is 45.3 Å². The van der Waals surface area contributed by atoms with Crippen LogP contribution < -0.4 is 0 Å². The summed E-state index contributed by atoms with van der Waals surface area (Å²) in [7, 11) is 0. The van der Waals surface area contributed by atoms with E-state index < -0.39 is 0 Å². The second-order valence-electron chi connectivity index (χ2n) is 0. The van der Waals surface area contributed by atoms with Gasteiger partial charge in [0.15, 0.2) is 0 Å². The molecule has 26 valence electrons. The van der Waals surface area contributed by atoms with Crippen LogP contribution in [0.25, 0.3) is 0 Å². The normalized spacial score (nSPS) is 0. The Balaban J connectivity index is 0. The van der Waals surface area contributed by atoms with Crippen molar-refractivity contribution in [2.75, 3.05) is 0 Å². The van der Waals surface area contributed by atoms with Crippen LogP contribution in [-0.4, -0.2) is 45.3 Å². The molecule has 0 spiro atoms. The van der Waals surface area contributed by atoms with E-state index in [1.165, 1.54) is 0 Å². The zero-order valence-corrected chi connectivity index (χ0v) is 9.54. The molecule has 0 unspecified atom stereocenters. The molecule has 0 aromatic carbocycles. The molecule has 0 aromatic heterocycles. The Morgan fingerprint density at radius 2 is 1.00 bits per heavy atom. The van der Waals surface area contributed by atoms with E-state index in [1.807, 2.05) is 0 Å². The third-order valence-corrected chi connectivity index (χ3v) is 0. The van der Waals surface area contributed by atoms with E-state index in [4.69, 9.17) is 0 Å². The van der Waals surface area contributed by atoms with Gasteiger partial charge in [-0.3, -0.25) is 0 Å². The van der Waals surface area contributed by atoms with Gasteiger partial charge in [-0.05, 0) is 0 Å². The fourth-order valence-electron chi connectivity index (χ4n) is 0. The molecular formula is AsCoFePb. The van der Waals surface area contributed by atoms with Crippen molar-refractivity contribution in [2.45, 2.75) is 0 Å². The molecule has 0 aliphatic carbocycles. The van der Waals surface area contributed by atoms with Gasteiger partial charge in [0.2, 0.25) is 0 Å². The van der Waals surface area contributed by atoms with Gasteiger partial charge in [0.25, 0.3) is 0 Å². The Kier molecular flexibility index (Phi) is 140. The molecule has 0 rings (SSSR count). The van der Waals surface area contributed by atoms with Crippen molar-refractivity contribution in [3.05, 3.63) is 0 Å². The molecule has 0 amide bonds. The minimum atomic E-state index is 0. The van der Waals surface area contributed by atoms with Crippen molar-refractivity contribution in [3.8, 4) is 0 Å². The molecule has 0 aliphatic rings. The summed E-state index contributed by atoms with van der Waals surface area (Å²) < 4.78 is 0. The molecule has 0 atom stereocenters. The van der Waals surface area contributed by atoms with Crippen molar-refractivity contribution in [3.63, 3.8) is 0 Å². The summed E-state index contributed by atoms with van der Waals surface area (Å²) in [6.45, 7) is 0. The Morgan fingerprint density at radius 3 is 1.00 bits per heavy atom. The van der Waals surface area contributed by atoms with E-state index in [9.17, 15) is 0 Å². The van der Waals surface area contributed by atoms with Gasteiger partial charge < -0.3 is 0 Å². The zero-order chi connectivity index (χ0) is 0. The minimum absolute atomic E-state index is 0. The van der Waals surface area contributed by atoms with Crippen LogP contribution in [0.4, 0.5) is 0 Å². The molecule has 4 heavy (non-hydrogen) atoms. The van der Waals surface area contributed by atoms with Crippen LogP contribution in [0.2, 0.25) is 0 Å². The molecule has 4 heteroatoms. The van der Waals surface area contributed by atoms with Gasteiger partial charge in [-0.1, -0.05) is 0 Å². The minimum Gasteiger partial charge on any atom is 0 e. The molecule has 0 saturated carbocycles. The van der Waals surface area contributed by atoms with Gasteiger partial charge in [0.05, 0.1) is 0 Å². The maximum atomic E-state index is 0. The van der Waals surface area contributed by atoms with Crippen LogP contribution in [0.3, 0.4) is 0 Å². The molecule has 0 bridgehead atoms. The van der Waals surface area contributed by atoms with Crippen molar-refractivity contribution < 1.29 is 33.8 Å². The Bertz CT molecular complexity index is 8.00. The summed E-state index contributed by atoms with van der Waals surface area (Å²) in [5.74, 6) is 0. The maximum Gasteiger partial charge on any atom is 0 e. The number of hydrogen-bond donors (Lipinski definition) is 0. The average Bonchev–Trinajstić information content (AvgIpc) is 0. The molecule has 0 saturated heterocycles. The van der Waals surface area contributed by atoms with Crippen LogP contribution in [0.5, 0.6) is 0 Å². The van der Waals surface area contributed by atoms with Gasteiger partial charge in [-0.15, -0.1) is 0 Å².